The second-order valence-electron chi connectivity index (χ2n) is 8.80. The minimum atomic E-state index is -0.471. The third kappa shape index (κ3) is 5.91. The van der Waals surface area contributed by atoms with Gasteiger partial charge in [0.25, 0.3) is 0 Å². The van der Waals surface area contributed by atoms with Crippen LogP contribution in [-0.4, -0.2) is 77.6 Å². The molecular weight excluding hydrogens is 493 g/mol. The number of piperazine rings is 1. The first-order chi connectivity index (χ1) is 18.0. The summed E-state index contributed by atoms with van der Waals surface area (Å²) in [6.45, 7) is 4.08. The van der Waals surface area contributed by atoms with E-state index in [-0.39, 0.29) is 5.82 Å². The van der Waals surface area contributed by atoms with Crippen LogP contribution < -0.4 is 10.2 Å². The predicted molar refractivity (Wildman–Crippen MR) is 143 cm³/mol. The van der Waals surface area contributed by atoms with E-state index in [0.717, 1.165) is 72.2 Å². The molecule has 9 nitrogen and oxygen atoms in total. The fourth-order valence-corrected chi connectivity index (χ4v) is 5.16. The molecule has 1 aliphatic rings. The standard InChI is InChI=1S/C26H28FN7O2S/c1-32(20-5-3-19(27)4-6-20)23-8-7-21-25(31-23)37-26(29-21)30-22-15-18(9-10-28-22)16-33-11-13-34(14-12-33)24(17-35)36-2/h3-10,15,17,24H,11-14,16H2,1-2H3,(H,28,29,30). The second-order valence-corrected chi connectivity index (χ2v) is 9.77. The van der Waals surface area contributed by atoms with Gasteiger partial charge in [-0.15, -0.1) is 0 Å². The molecule has 0 spiro atoms. The lowest BCUT2D eigenvalue weighted by Gasteiger charge is -2.36. The smallest absolute Gasteiger partial charge is 0.190 e. The number of halogens is 1. The first-order valence-electron chi connectivity index (χ1n) is 12.0. The van der Waals surface area contributed by atoms with Crippen molar-refractivity contribution in [2.45, 2.75) is 12.8 Å². The van der Waals surface area contributed by atoms with Gasteiger partial charge in [-0.2, -0.15) is 0 Å². The highest BCUT2D eigenvalue weighted by Gasteiger charge is 2.23. The molecule has 5 rings (SSSR count). The number of methoxy groups -OCH3 is 1. The molecule has 192 valence electrons. The van der Waals surface area contributed by atoms with Crippen molar-refractivity contribution in [3.63, 3.8) is 0 Å². The van der Waals surface area contributed by atoms with Crippen LogP contribution in [0.3, 0.4) is 0 Å². The van der Waals surface area contributed by atoms with Gasteiger partial charge in [0.05, 0.1) is 0 Å². The Balaban J connectivity index is 1.23. The summed E-state index contributed by atoms with van der Waals surface area (Å²) < 4.78 is 18.5. The zero-order valence-electron chi connectivity index (χ0n) is 20.7. The molecule has 11 heteroatoms. The lowest BCUT2D eigenvalue weighted by molar-refractivity contribution is -0.129. The van der Waals surface area contributed by atoms with E-state index in [2.05, 4.69) is 20.2 Å². The molecular formula is C26H28FN7O2S. The Labute approximate surface area is 218 Å². The largest absolute Gasteiger partial charge is 0.359 e. The fourth-order valence-electron chi connectivity index (χ4n) is 4.32. The summed E-state index contributed by atoms with van der Waals surface area (Å²) in [7, 11) is 3.46. The van der Waals surface area contributed by atoms with Gasteiger partial charge in [-0.05, 0) is 54.1 Å². The number of ether oxygens (including phenoxy) is 1. The Hall–Kier alpha value is -3.51. The number of hydrogen-bond acceptors (Lipinski definition) is 10. The van der Waals surface area contributed by atoms with Crippen LogP contribution in [0.25, 0.3) is 10.3 Å². The summed E-state index contributed by atoms with van der Waals surface area (Å²) in [6, 6.07) is 14.2. The number of nitrogens with one attached hydrogen (secondary N) is 1. The van der Waals surface area contributed by atoms with Crippen molar-refractivity contribution in [1.82, 2.24) is 24.8 Å². The number of benzene rings is 1. The van der Waals surface area contributed by atoms with Crippen molar-refractivity contribution in [3.8, 4) is 0 Å². The van der Waals surface area contributed by atoms with Crippen molar-refractivity contribution in [2.75, 3.05) is 50.6 Å². The van der Waals surface area contributed by atoms with Gasteiger partial charge in [0.15, 0.2) is 17.6 Å². The van der Waals surface area contributed by atoms with Gasteiger partial charge in [0.2, 0.25) is 0 Å². The van der Waals surface area contributed by atoms with E-state index in [4.69, 9.17) is 9.72 Å². The van der Waals surface area contributed by atoms with Gasteiger partial charge in [0.1, 0.15) is 27.8 Å². The molecule has 0 saturated carbocycles. The third-order valence-electron chi connectivity index (χ3n) is 6.39. The van der Waals surface area contributed by atoms with Crippen LogP contribution in [0.4, 0.5) is 26.8 Å². The summed E-state index contributed by atoms with van der Waals surface area (Å²) >= 11 is 1.45. The zero-order valence-corrected chi connectivity index (χ0v) is 21.5. The molecule has 0 aliphatic carbocycles. The Bertz CT molecular complexity index is 1360. The summed E-state index contributed by atoms with van der Waals surface area (Å²) in [4.78, 5) is 32.1. The van der Waals surface area contributed by atoms with Gasteiger partial charge < -0.3 is 15.0 Å². The SMILES string of the molecule is COC(C=O)N1CCN(Cc2ccnc(Nc3nc4ccc(N(C)c5ccc(F)cc5)nc4s3)c2)CC1. The van der Waals surface area contributed by atoms with Crippen molar-refractivity contribution in [3.05, 3.63) is 66.1 Å². The van der Waals surface area contributed by atoms with E-state index < -0.39 is 6.23 Å². The van der Waals surface area contributed by atoms with Gasteiger partial charge in [-0.25, -0.2) is 19.3 Å². The molecule has 1 N–H and O–H groups in total. The molecule has 0 bridgehead atoms. The Morgan fingerprint density at radius 3 is 2.65 bits per heavy atom. The fraction of sp³-hybridized carbons (Fsp3) is 0.308. The molecule has 1 fully saturated rings. The van der Waals surface area contributed by atoms with E-state index >= 15 is 0 Å². The molecule has 4 heterocycles. The van der Waals surface area contributed by atoms with Crippen LogP contribution >= 0.6 is 11.3 Å². The molecule has 0 amide bonds. The number of rotatable bonds is 9. The second kappa shape index (κ2) is 11.3. The van der Waals surface area contributed by atoms with Crippen LogP contribution in [0.2, 0.25) is 0 Å². The minimum Gasteiger partial charge on any atom is -0.359 e. The molecule has 1 aromatic carbocycles. The quantitative estimate of drug-likeness (QED) is 0.328. The average Bonchev–Trinajstić information content (AvgIpc) is 3.32. The molecule has 1 atom stereocenters. The number of carbonyl (C=O) groups excluding carboxylic acids is 1. The van der Waals surface area contributed by atoms with Gasteiger partial charge in [-0.3, -0.25) is 14.6 Å². The monoisotopic (exact) mass is 521 g/mol. The average molecular weight is 522 g/mol. The predicted octanol–water partition coefficient (Wildman–Crippen LogP) is 4.03. The van der Waals surface area contributed by atoms with Crippen molar-refractivity contribution < 1.29 is 13.9 Å². The summed E-state index contributed by atoms with van der Waals surface area (Å²) in [5.41, 5.74) is 2.79. The Morgan fingerprint density at radius 2 is 1.92 bits per heavy atom. The molecule has 1 saturated heterocycles. The van der Waals surface area contributed by atoms with E-state index in [1.807, 2.05) is 41.1 Å². The van der Waals surface area contributed by atoms with E-state index in [0.29, 0.717) is 5.13 Å². The number of aldehydes is 1. The minimum absolute atomic E-state index is 0.270. The topological polar surface area (TPSA) is 86.7 Å². The Kier molecular flexibility index (Phi) is 7.65. The number of anilines is 4. The number of hydrogen-bond donors (Lipinski definition) is 1. The molecule has 1 aliphatic heterocycles. The van der Waals surface area contributed by atoms with Crippen molar-refractivity contribution in [1.29, 1.82) is 0 Å². The lowest BCUT2D eigenvalue weighted by Crippen LogP contribution is -2.51. The first-order valence-corrected chi connectivity index (χ1v) is 12.8. The molecule has 3 aromatic heterocycles. The number of fused-ring (bicyclic) bond motifs is 1. The first kappa shape index (κ1) is 25.2. The van der Waals surface area contributed by atoms with Crippen molar-refractivity contribution in [2.24, 2.45) is 0 Å². The van der Waals surface area contributed by atoms with E-state index in [1.165, 1.54) is 23.5 Å². The highest BCUT2D eigenvalue weighted by Crippen LogP contribution is 2.30. The Morgan fingerprint density at radius 1 is 1.14 bits per heavy atom. The number of thiazole rings is 1. The summed E-state index contributed by atoms with van der Waals surface area (Å²) in [5, 5.41) is 4.02. The van der Waals surface area contributed by atoms with Crippen LogP contribution in [0.15, 0.2) is 54.7 Å². The summed E-state index contributed by atoms with van der Waals surface area (Å²) in [5.74, 6) is 1.20. The van der Waals surface area contributed by atoms with Gasteiger partial charge in [0, 0.05) is 58.8 Å². The van der Waals surface area contributed by atoms with Crippen LogP contribution in [-0.2, 0) is 16.1 Å². The van der Waals surface area contributed by atoms with Crippen molar-refractivity contribution >= 4 is 50.4 Å². The number of carbonyl (C=O) groups is 1. The number of aromatic nitrogens is 3. The van der Waals surface area contributed by atoms with Gasteiger partial charge in [-0.1, -0.05) is 11.3 Å². The van der Waals surface area contributed by atoms with Gasteiger partial charge >= 0.3 is 0 Å². The lowest BCUT2D eigenvalue weighted by atomic mass is 10.2. The summed E-state index contributed by atoms with van der Waals surface area (Å²) in [6.07, 6.45) is 2.17. The van der Waals surface area contributed by atoms with E-state index in [1.54, 1.807) is 25.4 Å². The van der Waals surface area contributed by atoms with Crippen LogP contribution in [0, 0.1) is 5.82 Å². The molecule has 0 radical (unpaired) electrons. The number of pyridine rings is 2. The zero-order chi connectivity index (χ0) is 25.8. The third-order valence-corrected chi connectivity index (χ3v) is 7.27. The highest BCUT2D eigenvalue weighted by molar-refractivity contribution is 7.21. The highest BCUT2D eigenvalue weighted by atomic mass is 32.1. The molecule has 1 unspecified atom stereocenters. The molecule has 37 heavy (non-hydrogen) atoms. The normalized spacial score (nSPS) is 15.5. The maximum absolute atomic E-state index is 13.3. The number of nitrogens with zero attached hydrogens (tertiary/aromatic N) is 6. The van der Waals surface area contributed by atoms with E-state index in [9.17, 15) is 9.18 Å². The molecule has 4 aromatic rings. The maximum Gasteiger partial charge on any atom is 0.190 e. The maximum atomic E-state index is 13.3. The van der Waals surface area contributed by atoms with Crippen LogP contribution in [0.5, 0.6) is 0 Å². The van der Waals surface area contributed by atoms with Crippen LogP contribution in [0.1, 0.15) is 5.56 Å².